The van der Waals surface area contributed by atoms with Crippen LogP contribution in [-0.4, -0.2) is 21.9 Å². The van der Waals surface area contributed by atoms with Crippen LogP contribution in [0.2, 0.25) is 0 Å². The molecule has 0 amide bonds. The van der Waals surface area contributed by atoms with Crippen molar-refractivity contribution in [2.75, 3.05) is 6.54 Å². The van der Waals surface area contributed by atoms with Crippen molar-refractivity contribution in [3.8, 4) is 11.3 Å². The Bertz CT molecular complexity index is 794. The van der Waals surface area contributed by atoms with Crippen LogP contribution in [0.15, 0.2) is 39.7 Å². The number of nitrogens with zero attached hydrogens (tertiary/aromatic N) is 4. The van der Waals surface area contributed by atoms with E-state index in [0.717, 1.165) is 28.9 Å². The molecule has 0 saturated heterocycles. The van der Waals surface area contributed by atoms with Crippen LogP contribution in [0.3, 0.4) is 0 Å². The number of thiazole rings is 1. The van der Waals surface area contributed by atoms with Crippen LogP contribution in [0.5, 0.6) is 0 Å². The maximum Gasteiger partial charge on any atom is 0.269 e. The highest BCUT2D eigenvalue weighted by atomic mass is 32.1. The van der Waals surface area contributed by atoms with Crippen LogP contribution in [0.4, 0.5) is 5.69 Å². The lowest BCUT2D eigenvalue weighted by molar-refractivity contribution is -0.384. The topological polar surface area (TPSA) is 72.8 Å². The molecule has 1 saturated carbocycles. The van der Waals surface area contributed by atoms with Crippen LogP contribution in [0.25, 0.3) is 11.3 Å². The van der Waals surface area contributed by atoms with Crippen LogP contribution >= 0.6 is 11.3 Å². The summed E-state index contributed by atoms with van der Waals surface area (Å²) in [6.45, 7) is 2.70. The third-order valence-corrected chi connectivity index (χ3v) is 4.63. The molecule has 0 unspecified atom stereocenters. The zero-order chi connectivity index (χ0) is 16.2. The Morgan fingerprint density at radius 3 is 2.57 bits per heavy atom. The standard InChI is InChI=1S/C16H18N4O2S/c1-2-17-16-19(18-13-5-3-4-6-13)15(11-23-16)12-7-9-14(10-8-12)20(21)22/h7-11H,2-6H2,1H3. The molecule has 0 N–H and O–H groups in total. The number of hydrogen-bond donors (Lipinski definition) is 0. The van der Waals surface area contributed by atoms with Gasteiger partial charge in [0.25, 0.3) is 5.69 Å². The van der Waals surface area contributed by atoms with E-state index >= 15 is 0 Å². The van der Waals surface area contributed by atoms with Gasteiger partial charge in [-0.15, -0.1) is 11.3 Å². The maximum absolute atomic E-state index is 10.8. The van der Waals surface area contributed by atoms with Crippen molar-refractivity contribution in [1.82, 2.24) is 4.68 Å². The lowest BCUT2D eigenvalue weighted by Gasteiger charge is -2.05. The Morgan fingerprint density at radius 1 is 1.26 bits per heavy atom. The van der Waals surface area contributed by atoms with E-state index in [0.29, 0.717) is 6.54 Å². The van der Waals surface area contributed by atoms with Crippen LogP contribution in [0.1, 0.15) is 32.6 Å². The molecule has 6 nitrogen and oxygen atoms in total. The number of benzene rings is 1. The van der Waals surface area contributed by atoms with Crippen LogP contribution in [-0.2, 0) is 0 Å². The summed E-state index contributed by atoms with van der Waals surface area (Å²) in [5, 5.41) is 17.6. The molecule has 1 aliphatic carbocycles. The highest BCUT2D eigenvalue weighted by Crippen LogP contribution is 2.24. The second-order valence-corrected chi connectivity index (χ2v) is 6.20. The third kappa shape index (κ3) is 3.39. The average Bonchev–Trinajstić information content (AvgIpc) is 3.19. The number of hydrogen-bond acceptors (Lipinski definition) is 5. The van der Waals surface area contributed by atoms with Gasteiger partial charge in [0.2, 0.25) is 4.80 Å². The molecule has 0 bridgehead atoms. The molecule has 0 atom stereocenters. The van der Waals surface area contributed by atoms with Gasteiger partial charge in [-0.1, -0.05) is 0 Å². The highest BCUT2D eigenvalue weighted by Gasteiger charge is 2.13. The van der Waals surface area contributed by atoms with E-state index in [4.69, 9.17) is 5.10 Å². The van der Waals surface area contributed by atoms with Gasteiger partial charge >= 0.3 is 0 Å². The molecule has 1 heterocycles. The predicted molar refractivity (Wildman–Crippen MR) is 91.8 cm³/mol. The molecule has 120 valence electrons. The number of aromatic nitrogens is 1. The van der Waals surface area contributed by atoms with Gasteiger partial charge in [-0.2, -0.15) is 5.10 Å². The number of nitro groups is 1. The van der Waals surface area contributed by atoms with E-state index in [1.807, 2.05) is 17.0 Å². The third-order valence-electron chi connectivity index (χ3n) is 3.77. The zero-order valence-corrected chi connectivity index (χ0v) is 13.8. The molecular formula is C16H18N4O2S. The SMILES string of the molecule is CCN=c1scc(-c2ccc([N+](=O)[O-])cc2)n1N=C1CCCC1. The first-order valence-corrected chi connectivity index (χ1v) is 8.59. The fraction of sp³-hybridized carbons (Fsp3) is 0.375. The molecule has 0 spiro atoms. The summed E-state index contributed by atoms with van der Waals surface area (Å²) < 4.78 is 1.88. The van der Waals surface area contributed by atoms with Crippen molar-refractivity contribution in [2.45, 2.75) is 32.6 Å². The summed E-state index contributed by atoms with van der Waals surface area (Å²) in [6, 6.07) is 6.58. The largest absolute Gasteiger partial charge is 0.269 e. The second kappa shape index (κ2) is 6.87. The van der Waals surface area contributed by atoms with E-state index in [-0.39, 0.29) is 10.6 Å². The Morgan fingerprint density at radius 2 is 1.96 bits per heavy atom. The molecule has 2 aromatic rings. The molecule has 0 radical (unpaired) electrons. The Balaban J connectivity index is 2.06. The highest BCUT2D eigenvalue weighted by molar-refractivity contribution is 7.07. The maximum atomic E-state index is 10.8. The second-order valence-electron chi connectivity index (χ2n) is 5.37. The summed E-state index contributed by atoms with van der Waals surface area (Å²) in [5.41, 5.74) is 3.13. The lowest BCUT2D eigenvalue weighted by Crippen LogP contribution is -2.14. The first-order valence-electron chi connectivity index (χ1n) is 7.71. The first-order chi connectivity index (χ1) is 11.2. The van der Waals surface area contributed by atoms with Gasteiger partial charge in [0.15, 0.2) is 0 Å². The molecule has 1 aromatic carbocycles. The molecule has 3 rings (SSSR count). The van der Waals surface area contributed by atoms with Gasteiger partial charge < -0.3 is 0 Å². The van der Waals surface area contributed by atoms with Crippen molar-refractivity contribution < 1.29 is 4.92 Å². The Kier molecular flexibility index (Phi) is 4.66. The van der Waals surface area contributed by atoms with Crippen molar-refractivity contribution in [3.05, 3.63) is 44.6 Å². The van der Waals surface area contributed by atoms with Crippen molar-refractivity contribution in [1.29, 1.82) is 0 Å². The summed E-state index contributed by atoms with van der Waals surface area (Å²) in [6.07, 6.45) is 4.45. The van der Waals surface area contributed by atoms with Gasteiger partial charge in [-0.3, -0.25) is 15.1 Å². The first kappa shape index (κ1) is 15.6. The van der Waals surface area contributed by atoms with Crippen molar-refractivity contribution >= 4 is 22.7 Å². The van der Waals surface area contributed by atoms with E-state index in [1.54, 1.807) is 23.5 Å². The monoisotopic (exact) mass is 330 g/mol. The number of non-ortho nitro benzene ring substituents is 1. The molecular weight excluding hydrogens is 312 g/mol. The van der Waals surface area contributed by atoms with Gasteiger partial charge in [0.05, 0.1) is 10.6 Å². The Labute approximate surface area is 138 Å². The molecule has 0 aliphatic heterocycles. The predicted octanol–water partition coefficient (Wildman–Crippen LogP) is 3.82. The van der Waals surface area contributed by atoms with E-state index in [9.17, 15) is 10.1 Å². The number of rotatable bonds is 4. The van der Waals surface area contributed by atoms with E-state index in [2.05, 4.69) is 4.99 Å². The molecule has 7 heteroatoms. The molecule has 1 fully saturated rings. The van der Waals surface area contributed by atoms with Gasteiger partial charge in [0, 0.05) is 35.3 Å². The average molecular weight is 330 g/mol. The zero-order valence-electron chi connectivity index (χ0n) is 12.9. The van der Waals surface area contributed by atoms with Crippen molar-refractivity contribution in [3.63, 3.8) is 0 Å². The van der Waals surface area contributed by atoms with Crippen molar-refractivity contribution in [2.24, 2.45) is 10.1 Å². The number of nitro benzene ring substituents is 1. The Hall–Kier alpha value is -2.28. The smallest absolute Gasteiger partial charge is 0.258 e. The van der Waals surface area contributed by atoms with Crippen LogP contribution in [0, 0.1) is 10.1 Å². The molecule has 1 aromatic heterocycles. The lowest BCUT2D eigenvalue weighted by atomic mass is 10.1. The minimum Gasteiger partial charge on any atom is -0.258 e. The van der Waals surface area contributed by atoms with Gasteiger partial charge in [0.1, 0.15) is 0 Å². The molecule has 1 aliphatic rings. The normalized spacial score (nSPS) is 15.2. The summed E-state index contributed by atoms with van der Waals surface area (Å²) in [5.74, 6) is 0. The summed E-state index contributed by atoms with van der Waals surface area (Å²) >= 11 is 1.54. The summed E-state index contributed by atoms with van der Waals surface area (Å²) in [7, 11) is 0. The van der Waals surface area contributed by atoms with E-state index in [1.165, 1.54) is 30.7 Å². The minimum atomic E-state index is -0.387. The summed E-state index contributed by atoms with van der Waals surface area (Å²) in [4.78, 5) is 15.8. The quantitative estimate of drug-likeness (QED) is 0.631. The molecule has 23 heavy (non-hydrogen) atoms. The van der Waals surface area contributed by atoms with E-state index < -0.39 is 0 Å². The minimum absolute atomic E-state index is 0.0936. The van der Waals surface area contributed by atoms with Crippen LogP contribution < -0.4 is 4.80 Å². The van der Waals surface area contributed by atoms with Gasteiger partial charge in [-0.05, 0) is 44.7 Å². The fourth-order valence-electron chi connectivity index (χ4n) is 2.62. The fourth-order valence-corrected chi connectivity index (χ4v) is 3.51. The van der Waals surface area contributed by atoms with Gasteiger partial charge in [-0.25, -0.2) is 4.68 Å².